The molecule has 5 nitrogen and oxygen atoms in total. The zero-order valence-corrected chi connectivity index (χ0v) is 21.5. The van der Waals surface area contributed by atoms with E-state index in [0.29, 0.717) is 19.0 Å². The number of nitrogens with one attached hydrogen (secondary N) is 2. The SMILES string of the molecule is COc1cc2c(cc1CCNc1ccccc1)CN(C(=O)[C@H]1C[C@@H](c3ccccc3)CN1)C2.Cl.Cl. The molecule has 7 heteroatoms. The highest BCUT2D eigenvalue weighted by atomic mass is 35.5. The van der Waals surface area contributed by atoms with Crippen molar-refractivity contribution in [2.75, 3.05) is 25.5 Å². The second-order valence-corrected chi connectivity index (χ2v) is 8.97. The van der Waals surface area contributed by atoms with Crippen molar-refractivity contribution in [2.45, 2.75) is 37.9 Å². The maximum atomic E-state index is 13.3. The Balaban J connectivity index is 0.00000171. The summed E-state index contributed by atoms with van der Waals surface area (Å²) in [5.74, 6) is 1.51. The normalized spacial score (nSPS) is 18.3. The highest BCUT2D eigenvalue weighted by Gasteiger charge is 2.35. The maximum absolute atomic E-state index is 13.3. The van der Waals surface area contributed by atoms with E-state index in [1.807, 2.05) is 29.2 Å². The number of methoxy groups -OCH3 is 1. The zero-order chi connectivity index (χ0) is 22.6. The van der Waals surface area contributed by atoms with Crippen molar-refractivity contribution in [1.82, 2.24) is 10.2 Å². The smallest absolute Gasteiger partial charge is 0.240 e. The number of nitrogens with zero attached hydrogens (tertiary/aromatic N) is 1. The van der Waals surface area contributed by atoms with Gasteiger partial charge in [-0.1, -0.05) is 48.5 Å². The lowest BCUT2D eigenvalue weighted by molar-refractivity contribution is -0.133. The third-order valence-corrected chi connectivity index (χ3v) is 6.83. The number of fused-ring (bicyclic) bond motifs is 1. The molecule has 0 aromatic heterocycles. The van der Waals surface area contributed by atoms with Gasteiger partial charge >= 0.3 is 0 Å². The molecule has 1 saturated heterocycles. The van der Waals surface area contributed by atoms with E-state index in [9.17, 15) is 4.79 Å². The summed E-state index contributed by atoms with van der Waals surface area (Å²) in [4.78, 5) is 15.3. The Kier molecular flexibility index (Phi) is 9.44. The van der Waals surface area contributed by atoms with Crippen LogP contribution in [0, 0.1) is 0 Å². The third-order valence-electron chi connectivity index (χ3n) is 6.83. The van der Waals surface area contributed by atoms with Gasteiger partial charge in [-0.3, -0.25) is 4.79 Å². The molecule has 3 aromatic rings. The van der Waals surface area contributed by atoms with Crippen molar-refractivity contribution in [3.63, 3.8) is 0 Å². The molecule has 5 rings (SSSR count). The zero-order valence-electron chi connectivity index (χ0n) is 19.9. The average molecular weight is 514 g/mol. The Labute approximate surface area is 220 Å². The van der Waals surface area contributed by atoms with Gasteiger partial charge < -0.3 is 20.3 Å². The number of hydrogen-bond donors (Lipinski definition) is 2. The predicted octanol–water partition coefficient (Wildman–Crippen LogP) is 5.18. The van der Waals surface area contributed by atoms with Gasteiger partial charge in [-0.2, -0.15) is 0 Å². The Morgan fingerprint density at radius 1 is 1.00 bits per heavy atom. The molecule has 0 aliphatic carbocycles. The van der Waals surface area contributed by atoms with Gasteiger partial charge in [0.2, 0.25) is 5.91 Å². The van der Waals surface area contributed by atoms with Crippen LogP contribution in [0.1, 0.15) is 34.6 Å². The molecule has 186 valence electrons. The first kappa shape index (κ1) is 26.9. The second kappa shape index (κ2) is 12.3. The first-order chi connectivity index (χ1) is 16.2. The largest absolute Gasteiger partial charge is 0.496 e. The summed E-state index contributed by atoms with van der Waals surface area (Å²) in [7, 11) is 1.72. The van der Waals surface area contributed by atoms with Gasteiger partial charge in [0, 0.05) is 31.9 Å². The summed E-state index contributed by atoms with van der Waals surface area (Å²) >= 11 is 0. The van der Waals surface area contributed by atoms with Gasteiger partial charge in [-0.15, -0.1) is 24.8 Å². The van der Waals surface area contributed by atoms with E-state index in [2.05, 4.69) is 59.2 Å². The van der Waals surface area contributed by atoms with Gasteiger partial charge in [0.05, 0.1) is 13.2 Å². The maximum Gasteiger partial charge on any atom is 0.240 e. The summed E-state index contributed by atoms with van der Waals surface area (Å²) in [6.07, 6.45) is 1.72. The van der Waals surface area contributed by atoms with Crippen molar-refractivity contribution in [3.05, 3.63) is 95.1 Å². The fourth-order valence-corrected chi connectivity index (χ4v) is 5.04. The minimum Gasteiger partial charge on any atom is -0.496 e. The van der Waals surface area contributed by atoms with Gasteiger partial charge in [0.25, 0.3) is 0 Å². The molecule has 0 saturated carbocycles. The van der Waals surface area contributed by atoms with Crippen molar-refractivity contribution >= 4 is 36.4 Å². The summed E-state index contributed by atoms with van der Waals surface area (Å²) in [5.41, 5.74) is 6.03. The number of rotatable bonds is 7. The van der Waals surface area contributed by atoms with Crippen LogP contribution in [0.2, 0.25) is 0 Å². The lowest BCUT2D eigenvalue weighted by atomic mass is 9.96. The Morgan fingerprint density at radius 3 is 2.34 bits per heavy atom. The van der Waals surface area contributed by atoms with E-state index >= 15 is 0 Å². The number of ether oxygens (including phenoxy) is 1. The van der Waals surface area contributed by atoms with Crippen molar-refractivity contribution in [2.24, 2.45) is 0 Å². The summed E-state index contributed by atoms with van der Waals surface area (Å²) in [6.45, 7) is 3.01. The number of carbonyl (C=O) groups is 1. The number of benzene rings is 3. The third kappa shape index (κ3) is 6.10. The minimum atomic E-state index is -0.110. The summed E-state index contributed by atoms with van der Waals surface area (Å²) < 4.78 is 5.69. The molecule has 1 amide bonds. The first-order valence-corrected chi connectivity index (χ1v) is 11.8. The number of anilines is 1. The highest BCUT2D eigenvalue weighted by Crippen LogP contribution is 2.33. The average Bonchev–Trinajstić information content (AvgIpc) is 3.52. The molecule has 2 heterocycles. The van der Waals surface area contributed by atoms with E-state index in [-0.39, 0.29) is 36.8 Å². The van der Waals surface area contributed by atoms with E-state index in [0.717, 1.165) is 37.4 Å². The van der Waals surface area contributed by atoms with E-state index in [1.54, 1.807) is 7.11 Å². The topological polar surface area (TPSA) is 53.6 Å². The van der Waals surface area contributed by atoms with E-state index < -0.39 is 0 Å². The molecule has 1 fully saturated rings. The fourth-order valence-electron chi connectivity index (χ4n) is 5.04. The Bertz CT molecular complexity index is 1110. The lowest BCUT2D eigenvalue weighted by Crippen LogP contribution is -2.40. The van der Waals surface area contributed by atoms with Crippen LogP contribution in [0.3, 0.4) is 0 Å². The van der Waals surface area contributed by atoms with Crippen LogP contribution >= 0.6 is 24.8 Å². The number of halogens is 2. The standard InChI is InChI=1S/C28H31N3O2.2ClH/c1-33-27-16-24-19-31(28(32)26-15-22(17-30-26)20-8-4-2-5-9-20)18-23(24)14-21(27)12-13-29-25-10-6-3-7-11-25;;/h2-11,14,16,22,26,29-30H,12-13,15,17-19H2,1H3;2*1H/t22-,26-;;/m1../s1. The molecule has 2 N–H and O–H groups in total. The van der Waals surface area contributed by atoms with Gasteiger partial charge in [-0.05, 0) is 65.3 Å². The van der Waals surface area contributed by atoms with Crippen molar-refractivity contribution < 1.29 is 9.53 Å². The molecular weight excluding hydrogens is 481 g/mol. The van der Waals surface area contributed by atoms with Crippen LogP contribution in [0.5, 0.6) is 5.75 Å². The van der Waals surface area contributed by atoms with Crippen LogP contribution in [-0.4, -0.2) is 37.0 Å². The monoisotopic (exact) mass is 513 g/mol. The summed E-state index contributed by atoms with van der Waals surface area (Å²) in [6, 6.07) is 25.0. The quantitative estimate of drug-likeness (QED) is 0.456. The van der Waals surface area contributed by atoms with Crippen molar-refractivity contribution in [1.29, 1.82) is 0 Å². The highest BCUT2D eigenvalue weighted by molar-refractivity contribution is 5.85. The molecular formula is C28H33Cl2N3O2. The van der Waals surface area contributed by atoms with E-state index in [1.165, 1.54) is 22.3 Å². The first-order valence-electron chi connectivity index (χ1n) is 11.8. The number of para-hydroxylation sites is 1. The van der Waals surface area contributed by atoms with Crippen LogP contribution in [0.4, 0.5) is 5.69 Å². The van der Waals surface area contributed by atoms with Crippen LogP contribution in [0.15, 0.2) is 72.8 Å². The fraction of sp³-hybridized carbons (Fsp3) is 0.321. The number of hydrogen-bond acceptors (Lipinski definition) is 4. The predicted molar refractivity (Wildman–Crippen MR) is 146 cm³/mol. The molecule has 2 aliphatic heterocycles. The van der Waals surface area contributed by atoms with Gasteiger partial charge in [0.1, 0.15) is 5.75 Å². The molecule has 0 unspecified atom stereocenters. The van der Waals surface area contributed by atoms with Crippen LogP contribution in [-0.2, 0) is 24.3 Å². The number of carbonyl (C=O) groups excluding carboxylic acids is 1. The molecule has 35 heavy (non-hydrogen) atoms. The molecule has 0 bridgehead atoms. The van der Waals surface area contributed by atoms with Crippen LogP contribution < -0.4 is 15.4 Å². The minimum absolute atomic E-state index is 0. The molecule has 2 atom stereocenters. The lowest BCUT2D eigenvalue weighted by Gasteiger charge is -2.20. The molecule has 0 radical (unpaired) electrons. The van der Waals surface area contributed by atoms with Crippen LogP contribution in [0.25, 0.3) is 0 Å². The summed E-state index contributed by atoms with van der Waals surface area (Å²) in [5, 5.41) is 6.93. The number of amides is 1. The Morgan fingerprint density at radius 2 is 1.66 bits per heavy atom. The Hall–Kier alpha value is -2.73. The molecule has 0 spiro atoms. The van der Waals surface area contributed by atoms with Gasteiger partial charge in [-0.25, -0.2) is 0 Å². The van der Waals surface area contributed by atoms with Gasteiger partial charge in [0.15, 0.2) is 0 Å². The second-order valence-electron chi connectivity index (χ2n) is 8.97. The molecule has 3 aromatic carbocycles. The van der Waals surface area contributed by atoms with Crippen molar-refractivity contribution in [3.8, 4) is 5.75 Å². The molecule has 2 aliphatic rings. The van der Waals surface area contributed by atoms with E-state index in [4.69, 9.17) is 4.74 Å².